The third kappa shape index (κ3) is 2.99. The number of ether oxygens (including phenoxy) is 2. The van der Waals surface area contributed by atoms with Crippen LogP contribution in [0.3, 0.4) is 0 Å². The summed E-state index contributed by atoms with van der Waals surface area (Å²) < 4.78 is 50.3. The largest absolute Gasteiger partial charge is 0.454 e. The predicted molar refractivity (Wildman–Crippen MR) is 98.6 cm³/mol. The second kappa shape index (κ2) is 6.17. The van der Waals surface area contributed by atoms with Crippen molar-refractivity contribution in [1.82, 2.24) is 10.3 Å². The monoisotopic (exact) mass is 402 g/mol. The minimum Gasteiger partial charge on any atom is -0.454 e. The average molecular weight is 402 g/mol. The van der Waals surface area contributed by atoms with Crippen LogP contribution in [0, 0.1) is 0 Å². The molecule has 1 aliphatic heterocycles. The first-order valence-electron chi connectivity index (χ1n) is 9.22. The molecule has 1 saturated carbocycles. The van der Waals surface area contributed by atoms with Gasteiger partial charge in [0.25, 0.3) is 0 Å². The first-order valence-corrected chi connectivity index (χ1v) is 9.22. The zero-order chi connectivity index (χ0) is 20.2. The lowest BCUT2D eigenvalue weighted by Gasteiger charge is -2.17. The highest BCUT2D eigenvalue weighted by Crippen LogP contribution is 2.50. The van der Waals surface area contributed by atoms with E-state index in [0.717, 1.165) is 17.7 Å². The number of nitrogens with one attached hydrogen (secondary N) is 2. The van der Waals surface area contributed by atoms with E-state index in [0.29, 0.717) is 40.8 Å². The normalized spacial score (nSPS) is 16.8. The number of alkyl halides is 3. The molecule has 0 unspecified atom stereocenters. The Hall–Kier alpha value is -3.16. The van der Waals surface area contributed by atoms with Gasteiger partial charge in [-0.15, -0.1) is 0 Å². The number of H-pyrrole nitrogens is 1. The molecule has 1 aromatic heterocycles. The maximum atomic E-state index is 13.2. The fourth-order valence-corrected chi connectivity index (χ4v) is 3.86. The summed E-state index contributed by atoms with van der Waals surface area (Å²) in [6.07, 6.45) is -1.50. The number of hydrogen-bond donors (Lipinski definition) is 2. The summed E-state index contributed by atoms with van der Waals surface area (Å²) in [4.78, 5) is 15.9. The van der Waals surface area contributed by atoms with Gasteiger partial charge in [-0.25, -0.2) is 0 Å². The van der Waals surface area contributed by atoms with E-state index in [1.807, 2.05) is 12.1 Å². The molecule has 2 aromatic carbocycles. The molecule has 2 heterocycles. The van der Waals surface area contributed by atoms with E-state index in [2.05, 4.69) is 10.3 Å². The van der Waals surface area contributed by atoms with Gasteiger partial charge in [-0.2, -0.15) is 13.2 Å². The van der Waals surface area contributed by atoms with Gasteiger partial charge in [-0.3, -0.25) is 4.79 Å². The molecule has 2 aliphatic rings. The van der Waals surface area contributed by atoms with Crippen molar-refractivity contribution in [2.45, 2.75) is 31.0 Å². The first-order chi connectivity index (χ1) is 13.9. The molecule has 2 N–H and O–H groups in total. The Bertz CT molecular complexity index is 1120. The van der Waals surface area contributed by atoms with Crippen LogP contribution in [0.4, 0.5) is 13.2 Å². The summed E-state index contributed by atoms with van der Waals surface area (Å²) >= 11 is 0. The summed E-state index contributed by atoms with van der Waals surface area (Å²) in [5.41, 5.74) is 0.414. The molecular formula is C21H17F3N2O3. The zero-order valence-electron chi connectivity index (χ0n) is 15.2. The van der Waals surface area contributed by atoms with Crippen molar-refractivity contribution in [3.63, 3.8) is 0 Å². The van der Waals surface area contributed by atoms with Crippen LogP contribution in [0.15, 0.2) is 42.6 Å². The molecule has 0 radical (unpaired) electrons. The number of aromatic nitrogens is 1. The summed E-state index contributed by atoms with van der Waals surface area (Å²) in [6.45, 7) is 0.158. The third-order valence-electron chi connectivity index (χ3n) is 5.62. The standard InChI is InChI=1S/C21H17F3N2O3/c22-21(23,24)15-7-12-3-6-25-18(12)13(8-15)10-26-19(27)20(4-5-20)14-1-2-16-17(9-14)29-11-28-16/h1-3,6-9,25H,4-5,10-11H2,(H,26,27). The Morgan fingerprint density at radius 2 is 1.90 bits per heavy atom. The van der Waals surface area contributed by atoms with E-state index in [1.54, 1.807) is 18.3 Å². The SMILES string of the molecule is O=C(NCc1cc(C(F)(F)F)cc2cc[nH]c12)C1(c2ccc3c(c2)OCO3)CC1. The van der Waals surface area contributed by atoms with Crippen LogP contribution in [0.5, 0.6) is 11.5 Å². The smallest absolute Gasteiger partial charge is 0.416 e. The van der Waals surface area contributed by atoms with Crippen molar-refractivity contribution in [3.05, 3.63) is 59.3 Å². The molecule has 8 heteroatoms. The Kier molecular flexibility index (Phi) is 3.81. The highest BCUT2D eigenvalue weighted by Gasteiger charge is 2.51. The first kappa shape index (κ1) is 17.9. The van der Waals surface area contributed by atoms with Crippen LogP contribution < -0.4 is 14.8 Å². The van der Waals surface area contributed by atoms with Crippen LogP contribution in [0.25, 0.3) is 10.9 Å². The van der Waals surface area contributed by atoms with Gasteiger partial charge in [0.05, 0.1) is 16.5 Å². The van der Waals surface area contributed by atoms with E-state index in [9.17, 15) is 18.0 Å². The number of halogens is 3. The van der Waals surface area contributed by atoms with E-state index in [4.69, 9.17) is 9.47 Å². The molecule has 150 valence electrons. The lowest BCUT2D eigenvalue weighted by Crippen LogP contribution is -2.34. The van der Waals surface area contributed by atoms with Crippen molar-refractivity contribution < 1.29 is 27.4 Å². The summed E-state index contributed by atoms with van der Waals surface area (Å²) in [6, 6.07) is 9.20. The number of carbonyl (C=O) groups excluding carboxylic acids is 1. The highest BCUT2D eigenvalue weighted by molar-refractivity contribution is 5.92. The van der Waals surface area contributed by atoms with Crippen LogP contribution in [0.2, 0.25) is 0 Å². The quantitative estimate of drug-likeness (QED) is 0.685. The summed E-state index contributed by atoms with van der Waals surface area (Å²) in [7, 11) is 0. The summed E-state index contributed by atoms with van der Waals surface area (Å²) in [5, 5.41) is 3.29. The molecule has 5 rings (SSSR count). The molecule has 1 fully saturated rings. The predicted octanol–water partition coefficient (Wildman–Crippen LogP) is 4.26. The van der Waals surface area contributed by atoms with E-state index < -0.39 is 17.2 Å². The summed E-state index contributed by atoms with van der Waals surface area (Å²) in [5.74, 6) is 1.05. The molecule has 5 nitrogen and oxygen atoms in total. The van der Waals surface area contributed by atoms with Gasteiger partial charge in [-0.1, -0.05) is 6.07 Å². The van der Waals surface area contributed by atoms with Crippen LogP contribution in [-0.2, 0) is 22.9 Å². The number of carbonyl (C=O) groups is 1. The lowest BCUT2D eigenvalue weighted by atomic mass is 9.94. The van der Waals surface area contributed by atoms with Crippen molar-refractivity contribution in [3.8, 4) is 11.5 Å². The van der Waals surface area contributed by atoms with Crippen molar-refractivity contribution in [1.29, 1.82) is 0 Å². The van der Waals surface area contributed by atoms with Gasteiger partial charge < -0.3 is 19.8 Å². The number of rotatable bonds is 4. The van der Waals surface area contributed by atoms with E-state index in [-0.39, 0.29) is 19.2 Å². The van der Waals surface area contributed by atoms with E-state index >= 15 is 0 Å². The molecule has 0 spiro atoms. The maximum absolute atomic E-state index is 13.2. The number of amides is 1. The molecule has 1 amide bonds. The van der Waals surface area contributed by atoms with Gasteiger partial charge in [0, 0.05) is 18.1 Å². The average Bonchev–Trinajstić information content (AvgIpc) is 3.13. The number of benzene rings is 2. The number of hydrogen-bond acceptors (Lipinski definition) is 3. The molecule has 1 aliphatic carbocycles. The maximum Gasteiger partial charge on any atom is 0.416 e. The second-order valence-corrected chi connectivity index (χ2v) is 7.41. The second-order valence-electron chi connectivity index (χ2n) is 7.41. The Balaban J connectivity index is 1.39. The number of aromatic amines is 1. The lowest BCUT2D eigenvalue weighted by molar-refractivity contribution is -0.137. The minimum absolute atomic E-state index is 0.00602. The molecule has 0 bridgehead atoms. The molecule has 3 aromatic rings. The van der Waals surface area contributed by atoms with Gasteiger partial charge in [0.2, 0.25) is 12.7 Å². The molecule has 0 atom stereocenters. The van der Waals surface area contributed by atoms with Crippen molar-refractivity contribution in [2.75, 3.05) is 6.79 Å². The zero-order valence-corrected chi connectivity index (χ0v) is 15.2. The van der Waals surface area contributed by atoms with Crippen molar-refractivity contribution in [2.24, 2.45) is 0 Å². The van der Waals surface area contributed by atoms with Crippen LogP contribution >= 0.6 is 0 Å². The minimum atomic E-state index is -4.45. The third-order valence-corrected chi connectivity index (χ3v) is 5.62. The Labute approximate surface area is 163 Å². The van der Waals surface area contributed by atoms with Gasteiger partial charge in [-0.05, 0) is 54.3 Å². The van der Waals surface area contributed by atoms with E-state index in [1.165, 1.54) is 0 Å². The topological polar surface area (TPSA) is 63.4 Å². The number of fused-ring (bicyclic) bond motifs is 2. The fraction of sp³-hybridized carbons (Fsp3) is 0.286. The highest BCUT2D eigenvalue weighted by atomic mass is 19.4. The van der Waals surface area contributed by atoms with Crippen LogP contribution in [-0.4, -0.2) is 17.7 Å². The van der Waals surface area contributed by atoms with Gasteiger partial charge >= 0.3 is 6.18 Å². The van der Waals surface area contributed by atoms with Crippen molar-refractivity contribution >= 4 is 16.8 Å². The van der Waals surface area contributed by atoms with Gasteiger partial charge in [0.1, 0.15) is 0 Å². The molecule has 0 saturated heterocycles. The molecule has 29 heavy (non-hydrogen) atoms. The Morgan fingerprint density at radius 1 is 1.10 bits per heavy atom. The van der Waals surface area contributed by atoms with Crippen LogP contribution in [0.1, 0.15) is 29.5 Å². The molecular weight excluding hydrogens is 385 g/mol. The Morgan fingerprint density at radius 3 is 2.66 bits per heavy atom. The fourth-order valence-electron chi connectivity index (χ4n) is 3.86. The van der Waals surface area contributed by atoms with Gasteiger partial charge in [0.15, 0.2) is 11.5 Å².